The highest BCUT2D eigenvalue weighted by Gasteiger charge is 2.18. The van der Waals surface area contributed by atoms with E-state index in [2.05, 4.69) is 9.69 Å². The molecule has 7 heteroatoms. The average molecular weight is 323 g/mol. The van der Waals surface area contributed by atoms with Gasteiger partial charge in [0.1, 0.15) is 10.6 Å². The Balaban J connectivity index is 2.11. The zero-order valence-electron chi connectivity index (χ0n) is 11.0. The van der Waals surface area contributed by atoms with Crippen molar-refractivity contribution in [3.63, 3.8) is 0 Å². The molecule has 0 saturated carbocycles. The number of benzene rings is 1. The van der Waals surface area contributed by atoms with Gasteiger partial charge in [0.05, 0.1) is 5.69 Å². The normalized spacial score (nSPS) is 10.8. The van der Waals surface area contributed by atoms with Crippen LogP contribution in [0.1, 0.15) is 21.6 Å². The Morgan fingerprint density at radius 3 is 2.86 bits per heavy atom. The smallest absolute Gasteiger partial charge is 0.340 e. The predicted molar refractivity (Wildman–Crippen MR) is 82.9 cm³/mol. The maximum Gasteiger partial charge on any atom is 0.340 e. The Kier molecular flexibility index (Phi) is 4.72. The molecule has 1 heterocycles. The topological polar surface area (TPSA) is 79.3 Å². The fourth-order valence-corrected chi connectivity index (χ4v) is 2.63. The zero-order chi connectivity index (χ0) is 15.4. The molecule has 1 aromatic carbocycles. The number of carbonyl (C=O) groups is 2. The van der Waals surface area contributed by atoms with E-state index in [-0.39, 0.29) is 10.6 Å². The molecule has 1 aromatic heterocycles. The van der Waals surface area contributed by atoms with E-state index in [0.29, 0.717) is 10.7 Å². The lowest BCUT2D eigenvalue weighted by Crippen LogP contribution is -2.10. The number of carboxylic acid groups (broad SMARTS) is 1. The lowest BCUT2D eigenvalue weighted by Gasteiger charge is -2.00. The molecule has 0 bridgehead atoms. The molecule has 0 saturated heterocycles. The van der Waals surface area contributed by atoms with Crippen molar-refractivity contribution < 1.29 is 14.7 Å². The standard InChI is InChI=1S/C14H11ClN2O3S/c1-8-12(14(19)20)13(21-17-8)16-11(18)6-5-9-3-2-4-10(15)7-9/h2-7H,1H3,(H,16,18)(H,19,20)/b6-5+. The SMILES string of the molecule is Cc1nsc(NC(=O)/C=C/c2cccc(Cl)c2)c1C(=O)O. The number of aryl methyl sites for hydroxylation is 1. The minimum atomic E-state index is -1.12. The first-order valence-corrected chi connectivity index (χ1v) is 7.06. The van der Waals surface area contributed by atoms with Crippen LogP contribution in [0.25, 0.3) is 6.08 Å². The Morgan fingerprint density at radius 2 is 2.19 bits per heavy atom. The minimum absolute atomic E-state index is 0.0181. The monoisotopic (exact) mass is 322 g/mol. The molecular weight excluding hydrogens is 312 g/mol. The van der Waals surface area contributed by atoms with Gasteiger partial charge in [-0.15, -0.1) is 0 Å². The van der Waals surface area contributed by atoms with Gasteiger partial charge in [-0.1, -0.05) is 23.7 Å². The molecule has 0 aliphatic heterocycles. The third kappa shape index (κ3) is 3.90. The molecule has 2 rings (SSSR count). The lowest BCUT2D eigenvalue weighted by molar-refractivity contribution is -0.111. The maximum absolute atomic E-state index is 11.8. The molecule has 0 atom stereocenters. The van der Waals surface area contributed by atoms with Crippen molar-refractivity contribution in [1.82, 2.24) is 4.37 Å². The van der Waals surface area contributed by atoms with Crippen LogP contribution in [0, 0.1) is 6.92 Å². The number of hydrogen-bond acceptors (Lipinski definition) is 4. The summed E-state index contributed by atoms with van der Waals surface area (Å²) in [4.78, 5) is 22.9. The summed E-state index contributed by atoms with van der Waals surface area (Å²) in [6, 6.07) is 7.02. The maximum atomic E-state index is 11.8. The summed E-state index contributed by atoms with van der Waals surface area (Å²) in [5.74, 6) is -1.54. The number of anilines is 1. The van der Waals surface area contributed by atoms with Crippen LogP contribution in [0.15, 0.2) is 30.3 Å². The Labute approximate surface area is 130 Å². The van der Waals surface area contributed by atoms with E-state index in [4.69, 9.17) is 16.7 Å². The quantitative estimate of drug-likeness (QED) is 0.845. The summed E-state index contributed by atoms with van der Waals surface area (Å²) in [6.07, 6.45) is 2.90. The summed E-state index contributed by atoms with van der Waals surface area (Å²) in [6.45, 7) is 1.58. The molecule has 108 valence electrons. The van der Waals surface area contributed by atoms with Gasteiger partial charge in [-0.3, -0.25) is 4.79 Å². The number of carbonyl (C=O) groups excluding carboxylic acids is 1. The summed E-state index contributed by atoms with van der Waals surface area (Å²) in [5, 5.41) is 12.4. The number of nitrogens with one attached hydrogen (secondary N) is 1. The van der Waals surface area contributed by atoms with Gasteiger partial charge in [-0.2, -0.15) is 4.37 Å². The molecule has 21 heavy (non-hydrogen) atoms. The average Bonchev–Trinajstić information content (AvgIpc) is 2.77. The number of aromatic carboxylic acids is 1. The van der Waals surface area contributed by atoms with Gasteiger partial charge >= 0.3 is 5.97 Å². The molecule has 2 aromatic rings. The second-order valence-electron chi connectivity index (χ2n) is 4.15. The minimum Gasteiger partial charge on any atom is -0.478 e. The molecule has 1 amide bonds. The van der Waals surface area contributed by atoms with E-state index in [1.54, 1.807) is 37.3 Å². The highest BCUT2D eigenvalue weighted by Crippen LogP contribution is 2.24. The van der Waals surface area contributed by atoms with Crippen LogP contribution in [0.3, 0.4) is 0 Å². The van der Waals surface area contributed by atoms with Crippen molar-refractivity contribution in [3.05, 3.63) is 52.2 Å². The predicted octanol–water partition coefficient (Wildman–Crippen LogP) is 3.46. The number of aromatic nitrogens is 1. The van der Waals surface area contributed by atoms with Crippen LogP contribution < -0.4 is 5.32 Å². The second-order valence-corrected chi connectivity index (χ2v) is 5.36. The number of rotatable bonds is 4. The van der Waals surface area contributed by atoms with Crippen molar-refractivity contribution in [2.75, 3.05) is 5.32 Å². The van der Waals surface area contributed by atoms with E-state index >= 15 is 0 Å². The third-order valence-corrected chi connectivity index (χ3v) is 3.68. The fourth-order valence-electron chi connectivity index (χ4n) is 1.64. The van der Waals surface area contributed by atoms with E-state index < -0.39 is 11.9 Å². The van der Waals surface area contributed by atoms with Gasteiger partial charge in [0.25, 0.3) is 0 Å². The van der Waals surface area contributed by atoms with Gasteiger partial charge in [0, 0.05) is 11.1 Å². The van der Waals surface area contributed by atoms with E-state index in [9.17, 15) is 9.59 Å². The van der Waals surface area contributed by atoms with Gasteiger partial charge in [0.2, 0.25) is 5.91 Å². The highest BCUT2D eigenvalue weighted by molar-refractivity contribution is 7.11. The summed E-state index contributed by atoms with van der Waals surface area (Å²) in [7, 11) is 0. The highest BCUT2D eigenvalue weighted by atomic mass is 35.5. The van der Waals surface area contributed by atoms with Crippen LogP contribution in [-0.4, -0.2) is 21.4 Å². The molecule has 0 unspecified atom stereocenters. The van der Waals surface area contributed by atoms with Gasteiger partial charge in [-0.05, 0) is 42.2 Å². The largest absolute Gasteiger partial charge is 0.478 e. The third-order valence-electron chi connectivity index (χ3n) is 2.59. The number of amides is 1. The fraction of sp³-hybridized carbons (Fsp3) is 0.0714. The molecule has 0 aliphatic rings. The molecule has 2 N–H and O–H groups in total. The second kappa shape index (κ2) is 6.51. The first kappa shape index (κ1) is 15.2. The summed E-state index contributed by atoms with van der Waals surface area (Å²) >= 11 is 6.78. The lowest BCUT2D eigenvalue weighted by atomic mass is 10.2. The molecule has 5 nitrogen and oxygen atoms in total. The van der Waals surface area contributed by atoms with Crippen molar-refractivity contribution in [1.29, 1.82) is 0 Å². The van der Waals surface area contributed by atoms with Gasteiger partial charge in [0.15, 0.2) is 0 Å². The number of hydrogen-bond donors (Lipinski definition) is 2. The van der Waals surface area contributed by atoms with Crippen LogP contribution >= 0.6 is 23.1 Å². The van der Waals surface area contributed by atoms with Crippen LogP contribution in [-0.2, 0) is 4.79 Å². The molecule has 0 spiro atoms. The molecule has 0 fully saturated rings. The van der Waals surface area contributed by atoms with E-state index in [1.165, 1.54) is 6.08 Å². The van der Waals surface area contributed by atoms with Crippen LogP contribution in [0.5, 0.6) is 0 Å². The van der Waals surface area contributed by atoms with Crippen LogP contribution in [0.2, 0.25) is 5.02 Å². The first-order chi connectivity index (χ1) is 9.97. The summed E-state index contributed by atoms with van der Waals surface area (Å²) < 4.78 is 3.93. The molecular formula is C14H11ClN2O3S. The first-order valence-electron chi connectivity index (χ1n) is 5.91. The van der Waals surface area contributed by atoms with E-state index in [0.717, 1.165) is 17.1 Å². The molecule has 0 radical (unpaired) electrons. The number of nitrogens with zero attached hydrogens (tertiary/aromatic N) is 1. The van der Waals surface area contributed by atoms with E-state index in [1.807, 2.05) is 0 Å². The number of carboxylic acids is 1. The summed E-state index contributed by atoms with van der Waals surface area (Å²) in [5.41, 5.74) is 1.17. The van der Waals surface area contributed by atoms with Crippen molar-refractivity contribution in [2.45, 2.75) is 6.92 Å². The van der Waals surface area contributed by atoms with Crippen molar-refractivity contribution in [2.24, 2.45) is 0 Å². The van der Waals surface area contributed by atoms with Gasteiger partial charge in [-0.25, -0.2) is 4.79 Å². The van der Waals surface area contributed by atoms with Gasteiger partial charge < -0.3 is 10.4 Å². The Bertz CT molecular complexity index is 725. The van der Waals surface area contributed by atoms with Crippen LogP contribution in [0.4, 0.5) is 5.00 Å². The molecule has 0 aliphatic carbocycles. The number of halogens is 1. The Hall–Kier alpha value is -2.18. The van der Waals surface area contributed by atoms with Crippen molar-refractivity contribution >= 4 is 46.1 Å². The Morgan fingerprint density at radius 1 is 1.43 bits per heavy atom. The van der Waals surface area contributed by atoms with Crippen molar-refractivity contribution in [3.8, 4) is 0 Å². The zero-order valence-corrected chi connectivity index (χ0v) is 12.5.